The number of hydrogen-bond donors (Lipinski definition) is 1. The maximum absolute atomic E-state index is 12.8. The molecular weight excluding hydrogens is 318 g/mol. The quantitative estimate of drug-likeness (QED) is 0.698. The van der Waals surface area contributed by atoms with Crippen LogP contribution in [0, 0.1) is 0 Å². The highest BCUT2D eigenvalue weighted by atomic mass is 16.5. The zero-order valence-corrected chi connectivity index (χ0v) is 14.8. The second-order valence-electron chi connectivity index (χ2n) is 6.25. The molecule has 3 rings (SSSR count). The summed E-state index contributed by atoms with van der Waals surface area (Å²) in [6.07, 6.45) is 0.849. The van der Waals surface area contributed by atoms with Crippen molar-refractivity contribution < 1.29 is 14.3 Å². The van der Waals surface area contributed by atoms with E-state index in [2.05, 4.69) is 4.90 Å². The van der Waals surface area contributed by atoms with Crippen molar-refractivity contribution in [2.24, 2.45) is 0 Å². The minimum atomic E-state index is -0.0439. The Labute approximate surface area is 146 Å². The Morgan fingerprint density at radius 2 is 2.04 bits per heavy atom. The summed E-state index contributed by atoms with van der Waals surface area (Å²) in [4.78, 5) is 14.9. The largest absolute Gasteiger partial charge is 0.497 e. The van der Waals surface area contributed by atoms with Gasteiger partial charge >= 0.3 is 0 Å². The van der Waals surface area contributed by atoms with Crippen LogP contribution in [-0.2, 0) is 6.54 Å². The lowest BCUT2D eigenvalue weighted by atomic mass is 10.1. The number of rotatable bonds is 6. The average molecular weight is 341 g/mol. The molecule has 1 aromatic heterocycles. The third-order valence-corrected chi connectivity index (χ3v) is 4.71. The van der Waals surface area contributed by atoms with Crippen molar-refractivity contribution in [1.82, 2.24) is 4.90 Å². The van der Waals surface area contributed by atoms with Gasteiger partial charge in [0.05, 0.1) is 24.5 Å². The van der Waals surface area contributed by atoms with Crippen molar-refractivity contribution in [3.8, 4) is 5.75 Å². The number of aliphatic hydroxyl groups excluding tert-OH is 1. The summed E-state index contributed by atoms with van der Waals surface area (Å²) in [5, 5.41) is 10.6. The van der Waals surface area contributed by atoms with Gasteiger partial charge in [0.15, 0.2) is 0 Å². The van der Waals surface area contributed by atoms with Gasteiger partial charge in [-0.25, -0.2) is 0 Å². The van der Waals surface area contributed by atoms with Crippen LogP contribution in [0.25, 0.3) is 21.9 Å². The van der Waals surface area contributed by atoms with Crippen LogP contribution in [0.3, 0.4) is 0 Å². The fourth-order valence-electron chi connectivity index (χ4n) is 3.14. The third kappa shape index (κ3) is 3.25. The first-order chi connectivity index (χ1) is 12.1. The molecule has 0 aliphatic heterocycles. The highest BCUT2D eigenvalue weighted by Gasteiger charge is 2.16. The smallest absolute Gasteiger partial charge is 0.200 e. The summed E-state index contributed by atoms with van der Waals surface area (Å²) in [5.74, 6) is 0.649. The number of ether oxygens (including phenoxy) is 1. The van der Waals surface area contributed by atoms with Gasteiger partial charge < -0.3 is 14.3 Å². The lowest BCUT2D eigenvalue weighted by molar-refractivity contribution is 0.138. The van der Waals surface area contributed by atoms with Gasteiger partial charge in [0, 0.05) is 24.2 Å². The molecule has 0 spiro atoms. The molecule has 5 heteroatoms. The van der Waals surface area contributed by atoms with E-state index in [0.29, 0.717) is 34.2 Å². The number of benzene rings is 2. The SMILES string of the molecule is CCC(CO)N(C)Cc1cccc2c(=O)c3ccc(OC)cc3oc12. The van der Waals surface area contributed by atoms with Crippen molar-refractivity contribution in [3.63, 3.8) is 0 Å². The highest BCUT2D eigenvalue weighted by Crippen LogP contribution is 2.25. The molecule has 25 heavy (non-hydrogen) atoms. The molecule has 0 radical (unpaired) electrons. The van der Waals surface area contributed by atoms with E-state index >= 15 is 0 Å². The van der Waals surface area contributed by atoms with E-state index in [0.717, 1.165) is 12.0 Å². The monoisotopic (exact) mass is 341 g/mol. The molecule has 0 saturated carbocycles. The first kappa shape index (κ1) is 17.5. The molecule has 0 saturated heterocycles. The Hall–Kier alpha value is -2.37. The summed E-state index contributed by atoms with van der Waals surface area (Å²) >= 11 is 0. The number of fused-ring (bicyclic) bond motifs is 2. The van der Waals surface area contributed by atoms with Crippen LogP contribution in [0.1, 0.15) is 18.9 Å². The Morgan fingerprint density at radius 3 is 2.72 bits per heavy atom. The van der Waals surface area contributed by atoms with Crippen molar-refractivity contribution >= 4 is 21.9 Å². The number of nitrogens with zero attached hydrogens (tertiary/aromatic N) is 1. The molecule has 0 bridgehead atoms. The van der Waals surface area contributed by atoms with Crippen molar-refractivity contribution in [2.75, 3.05) is 20.8 Å². The number of hydrogen-bond acceptors (Lipinski definition) is 5. The number of para-hydroxylation sites is 1. The lowest BCUT2D eigenvalue weighted by Gasteiger charge is -2.25. The zero-order chi connectivity index (χ0) is 18.0. The molecule has 1 atom stereocenters. The van der Waals surface area contributed by atoms with Crippen LogP contribution in [-0.4, -0.2) is 36.8 Å². The maximum atomic E-state index is 12.8. The van der Waals surface area contributed by atoms with Crippen molar-refractivity contribution in [3.05, 3.63) is 52.2 Å². The van der Waals surface area contributed by atoms with E-state index in [9.17, 15) is 9.90 Å². The standard InChI is InChI=1S/C20H23NO4/c1-4-14(12-22)21(2)11-13-6-5-7-17-19(23)16-9-8-15(24-3)10-18(16)25-20(13)17/h5-10,14,22H,4,11-12H2,1-3H3. The molecule has 0 amide bonds. The molecule has 1 unspecified atom stereocenters. The first-order valence-corrected chi connectivity index (χ1v) is 8.42. The van der Waals surface area contributed by atoms with Crippen molar-refractivity contribution in [1.29, 1.82) is 0 Å². The van der Waals surface area contributed by atoms with E-state index in [1.54, 1.807) is 31.4 Å². The molecular formula is C20H23NO4. The summed E-state index contributed by atoms with van der Waals surface area (Å²) in [6.45, 7) is 2.73. The molecule has 0 fully saturated rings. The average Bonchev–Trinajstić information content (AvgIpc) is 2.63. The molecule has 0 aliphatic rings. The van der Waals surface area contributed by atoms with Crippen LogP contribution in [0.15, 0.2) is 45.6 Å². The van der Waals surface area contributed by atoms with Gasteiger partial charge in [0.2, 0.25) is 5.43 Å². The number of methoxy groups -OCH3 is 1. The van der Waals surface area contributed by atoms with E-state index in [-0.39, 0.29) is 18.1 Å². The predicted molar refractivity (Wildman–Crippen MR) is 99.2 cm³/mol. The molecule has 0 aliphatic carbocycles. The summed E-state index contributed by atoms with van der Waals surface area (Å²) in [7, 11) is 3.55. The molecule has 1 N–H and O–H groups in total. The summed E-state index contributed by atoms with van der Waals surface area (Å²) in [5.41, 5.74) is 1.99. The van der Waals surface area contributed by atoms with Gasteiger partial charge in [-0.1, -0.05) is 19.1 Å². The Kier molecular flexibility index (Phi) is 5.06. The molecule has 3 aromatic rings. The van der Waals surface area contributed by atoms with Crippen LogP contribution in [0.2, 0.25) is 0 Å². The second-order valence-corrected chi connectivity index (χ2v) is 6.25. The fourth-order valence-corrected chi connectivity index (χ4v) is 3.14. The highest BCUT2D eigenvalue weighted by molar-refractivity contribution is 5.91. The van der Waals surface area contributed by atoms with Gasteiger partial charge in [-0.15, -0.1) is 0 Å². The minimum absolute atomic E-state index is 0.0439. The molecule has 5 nitrogen and oxygen atoms in total. The van der Waals surface area contributed by atoms with Gasteiger partial charge in [0.25, 0.3) is 0 Å². The topological polar surface area (TPSA) is 62.9 Å². The Bertz CT molecular complexity index is 943. The third-order valence-electron chi connectivity index (χ3n) is 4.71. The molecule has 2 aromatic carbocycles. The van der Waals surface area contributed by atoms with E-state index < -0.39 is 0 Å². The predicted octanol–water partition coefficient (Wildman–Crippen LogP) is 3.16. The Balaban J connectivity index is 2.15. The Morgan fingerprint density at radius 1 is 1.24 bits per heavy atom. The fraction of sp³-hybridized carbons (Fsp3) is 0.350. The van der Waals surface area contributed by atoms with Gasteiger partial charge in [-0.05, 0) is 31.7 Å². The maximum Gasteiger partial charge on any atom is 0.200 e. The van der Waals surface area contributed by atoms with Gasteiger partial charge in [0.1, 0.15) is 16.9 Å². The summed E-state index contributed by atoms with van der Waals surface area (Å²) < 4.78 is 11.3. The molecule has 1 heterocycles. The first-order valence-electron chi connectivity index (χ1n) is 8.42. The van der Waals surface area contributed by atoms with E-state index in [1.165, 1.54) is 0 Å². The van der Waals surface area contributed by atoms with E-state index in [1.807, 2.05) is 26.1 Å². The van der Waals surface area contributed by atoms with E-state index in [4.69, 9.17) is 9.15 Å². The lowest BCUT2D eigenvalue weighted by Crippen LogP contribution is -2.33. The van der Waals surface area contributed by atoms with Crippen LogP contribution >= 0.6 is 0 Å². The minimum Gasteiger partial charge on any atom is -0.497 e. The number of likely N-dealkylation sites (N-methyl/N-ethyl adjacent to an activating group) is 1. The second kappa shape index (κ2) is 7.25. The van der Waals surface area contributed by atoms with Crippen molar-refractivity contribution in [2.45, 2.75) is 25.9 Å². The van der Waals surface area contributed by atoms with Crippen LogP contribution in [0.5, 0.6) is 5.75 Å². The normalized spacial score (nSPS) is 12.8. The zero-order valence-electron chi connectivity index (χ0n) is 14.8. The summed E-state index contributed by atoms with van der Waals surface area (Å²) in [6, 6.07) is 10.9. The van der Waals surface area contributed by atoms with Crippen LogP contribution < -0.4 is 10.2 Å². The number of aliphatic hydroxyl groups is 1. The molecule has 132 valence electrons. The van der Waals surface area contributed by atoms with Gasteiger partial charge in [-0.2, -0.15) is 0 Å². The van der Waals surface area contributed by atoms with Crippen LogP contribution in [0.4, 0.5) is 0 Å². The van der Waals surface area contributed by atoms with Gasteiger partial charge in [-0.3, -0.25) is 9.69 Å².